The molecule has 2 N–H and O–H groups in total. The second-order valence-corrected chi connectivity index (χ2v) is 5.66. The van der Waals surface area contributed by atoms with E-state index in [0.29, 0.717) is 17.9 Å². The summed E-state index contributed by atoms with van der Waals surface area (Å²) in [6.07, 6.45) is 2.39. The van der Waals surface area contributed by atoms with E-state index in [1.807, 2.05) is 0 Å². The van der Waals surface area contributed by atoms with Gasteiger partial charge in [0, 0.05) is 32.2 Å². The monoisotopic (exact) mass is 298 g/mol. The van der Waals surface area contributed by atoms with Crippen LogP contribution < -0.4 is 5.73 Å². The van der Waals surface area contributed by atoms with Crippen LogP contribution in [-0.4, -0.2) is 67.7 Å². The van der Waals surface area contributed by atoms with E-state index in [2.05, 4.69) is 37.5 Å². The van der Waals surface area contributed by atoms with Crippen molar-refractivity contribution >= 4 is 5.96 Å². The largest absolute Gasteiger partial charge is 0.379 e. The van der Waals surface area contributed by atoms with Gasteiger partial charge in [-0.05, 0) is 19.8 Å². The zero-order valence-corrected chi connectivity index (χ0v) is 14.3. The molecular formula is C16H34N4O. The molecule has 0 aliphatic carbocycles. The Morgan fingerprint density at radius 1 is 1.14 bits per heavy atom. The summed E-state index contributed by atoms with van der Waals surface area (Å²) < 4.78 is 5.49. The first-order chi connectivity index (χ1) is 10.2. The quantitative estimate of drug-likeness (QED) is 0.548. The van der Waals surface area contributed by atoms with Crippen LogP contribution in [0, 0.1) is 5.92 Å². The van der Waals surface area contributed by atoms with Gasteiger partial charge in [-0.15, -0.1) is 0 Å². The van der Waals surface area contributed by atoms with Crippen LogP contribution in [0.2, 0.25) is 0 Å². The number of nitrogens with two attached hydrogens (primary N) is 1. The molecule has 1 unspecified atom stereocenters. The minimum absolute atomic E-state index is 0.484. The predicted octanol–water partition coefficient (Wildman–Crippen LogP) is 1.78. The molecule has 0 bridgehead atoms. The fourth-order valence-corrected chi connectivity index (χ4v) is 3.14. The second kappa shape index (κ2) is 10.0. The number of aliphatic imine (C=N–C) groups is 1. The molecule has 1 heterocycles. The highest BCUT2D eigenvalue weighted by molar-refractivity contribution is 5.78. The van der Waals surface area contributed by atoms with Crippen molar-refractivity contribution in [1.29, 1.82) is 0 Å². The van der Waals surface area contributed by atoms with Gasteiger partial charge in [0.05, 0.1) is 19.8 Å². The fourth-order valence-electron chi connectivity index (χ4n) is 3.14. The molecule has 0 aromatic heterocycles. The molecule has 1 aliphatic rings. The first-order valence-corrected chi connectivity index (χ1v) is 8.54. The van der Waals surface area contributed by atoms with E-state index in [9.17, 15) is 0 Å². The topological polar surface area (TPSA) is 54.1 Å². The Labute approximate surface area is 130 Å². The molecule has 0 aromatic carbocycles. The fraction of sp³-hybridized carbons (Fsp3) is 0.938. The summed E-state index contributed by atoms with van der Waals surface area (Å²) in [5, 5.41) is 0. The second-order valence-electron chi connectivity index (χ2n) is 5.66. The van der Waals surface area contributed by atoms with E-state index >= 15 is 0 Å². The standard InChI is InChI=1S/C16H34N4O/c1-5-14(6-2)15(20-9-11-21-12-10-20)13-18-16(17)19(7-3)8-4/h14-15H,5-13H2,1-4H3,(H2,17,18). The lowest BCUT2D eigenvalue weighted by atomic mass is 9.92. The van der Waals surface area contributed by atoms with Crippen LogP contribution >= 0.6 is 0 Å². The lowest BCUT2D eigenvalue weighted by Gasteiger charge is -2.38. The number of nitrogens with zero attached hydrogens (tertiary/aromatic N) is 3. The van der Waals surface area contributed by atoms with Crippen LogP contribution in [0.5, 0.6) is 0 Å². The Balaban J connectivity index is 2.74. The van der Waals surface area contributed by atoms with E-state index in [1.54, 1.807) is 0 Å². The minimum Gasteiger partial charge on any atom is -0.379 e. The summed E-state index contributed by atoms with van der Waals surface area (Å²) in [7, 11) is 0. The molecule has 1 saturated heterocycles. The Morgan fingerprint density at radius 3 is 2.19 bits per heavy atom. The van der Waals surface area contributed by atoms with Gasteiger partial charge in [-0.2, -0.15) is 0 Å². The summed E-state index contributed by atoms with van der Waals surface area (Å²) in [6, 6.07) is 0.484. The van der Waals surface area contributed by atoms with Crippen molar-refractivity contribution in [2.45, 2.75) is 46.6 Å². The van der Waals surface area contributed by atoms with E-state index in [-0.39, 0.29) is 0 Å². The Morgan fingerprint density at radius 2 is 1.71 bits per heavy atom. The number of rotatable bonds is 8. The minimum atomic E-state index is 0.484. The molecule has 124 valence electrons. The van der Waals surface area contributed by atoms with Crippen molar-refractivity contribution in [2.24, 2.45) is 16.6 Å². The third-order valence-electron chi connectivity index (χ3n) is 4.64. The van der Waals surface area contributed by atoms with Gasteiger partial charge in [0.25, 0.3) is 0 Å². The predicted molar refractivity (Wildman–Crippen MR) is 89.7 cm³/mol. The van der Waals surface area contributed by atoms with Gasteiger partial charge >= 0.3 is 0 Å². The number of hydrogen-bond donors (Lipinski definition) is 1. The average Bonchev–Trinajstić information content (AvgIpc) is 2.53. The highest BCUT2D eigenvalue weighted by atomic mass is 16.5. The third kappa shape index (κ3) is 5.47. The molecule has 1 aliphatic heterocycles. The molecule has 0 saturated carbocycles. The van der Waals surface area contributed by atoms with Crippen LogP contribution in [0.25, 0.3) is 0 Å². The first kappa shape index (κ1) is 18.2. The smallest absolute Gasteiger partial charge is 0.191 e. The number of ether oxygens (including phenoxy) is 1. The van der Waals surface area contributed by atoms with Gasteiger partial charge in [0.15, 0.2) is 5.96 Å². The Hall–Kier alpha value is -0.810. The highest BCUT2D eigenvalue weighted by Crippen LogP contribution is 2.20. The van der Waals surface area contributed by atoms with Crippen LogP contribution in [0.3, 0.4) is 0 Å². The molecule has 0 radical (unpaired) electrons. The van der Waals surface area contributed by atoms with Gasteiger partial charge in [-0.1, -0.05) is 26.7 Å². The van der Waals surface area contributed by atoms with Crippen LogP contribution in [0.1, 0.15) is 40.5 Å². The molecule has 1 atom stereocenters. The van der Waals surface area contributed by atoms with E-state index in [0.717, 1.165) is 45.9 Å². The van der Waals surface area contributed by atoms with Gasteiger partial charge in [-0.25, -0.2) is 0 Å². The zero-order chi connectivity index (χ0) is 15.7. The van der Waals surface area contributed by atoms with Crippen molar-refractivity contribution in [3.05, 3.63) is 0 Å². The summed E-state index contributed by atoms with van der Waals surface area (Å²) >= 11 is 0. The van der Waals surface area contributed by atoms with Crippen molar-refractivity contribution in [2.75, 3.05) is 45.9 Å². The van der Waals surface area contributed by atoms with Crippen molar-refractivity contribution in [1.82, 2.24) is 9.80 Å². The number of hydrogen-bond acceptors (Lipinski definition) is 3. The van der Waals surface area contributed by atoms with E-state index in [1.165, 1.54) is 12.8 Å². The Kier molecular flexibility index (Phi) is 8.69. The molecule has 5 nitrogen and oxygen atoms in total. The lowest BCUT2D eigenvalue weighted by Crippen LogP contribution is -2.49. The zero-order valence-electron chi connectivity index (χ0n) is 14.3. The molecule has 0 spiro atoms. The molecule has 1 fully saturated rings. The molecule has 5 heteroatoms. The SMILES string of the molecule is CCC(CC)C(CN=C(N)N(CC)CC)N1CCOCC1. The van der Waals surface area contributed by atoms with Crippen LogP contribution in [0.15, 0.2) is 4.99 Å². The summed E-state index contributed by atoms with van der Waals surface area (Å²) in [5.41, 5.74) is 6.13. The van der Waals surface area contributed by atoms with Gasteiger partial charge < -0.3 is 15.4 Å². The maximum Gasteiger partial charge on any atom is 0.191 e. The Bertz CT molecular complexity index is 295. The van der Waals surface area contributed by atoms with Crippen molar-refractivity contribution in [3.63, 3.8) is 0 Å². The van der Waals surface area contributed by atoms with Crippen molar-refractivity contribution in [3.8, 4) is 0 Å². The number of guanidine groups is 1. The third-order valence-corrected chi connectivity index (χ3v) is 4.64. The van der Waals surface area contributed by atoms with Gasteiger partial charge in [0.1, 0.15) is 0 Å². The molecule has 0 amide bonds. The molecular weight excluding hydrogens is 264 g/mol. The maximum absolute atomic E-state index is 6.13. The molecule has 1 rings (SSSR count). The lowest BCUT2D eigenvalue weighted by molar-refractivity contribution is 0.00392. The summed E-state index contributed by atoms with van der Waals surface area (Å²) in [4.78, 5) is 9.35. The van der Waals surface area contributed by atoms with Crippen LogP contribution in [0.4, 0.5) is 0 Å². The highest BCUT2D eigenvalue weighted by Gasteiger charge is 2.26. The summed E-state index contributed by atoms with van der Waals surface area (Å²) in [6.45, 7) is 15.1. The molecule has 21 heavy (non-hydrogen) atoms. The normalized spacial score (nSPS) is 19.0. The number of morpholine rings is 1. The van der Waals surface area contributed by atoms with E-state index in [4.69, 9.17) is 15.5 Å². The van der Waals surface area contributed by atoms with Gasteiger partial charge in [-0.3, -0.25) is 9.89 Å². The molecule has 0 aromatic rings. The van der Waals surface area contributed by atoms with Crippen LogP contribution in [-0.2, 0) is 4.74 Å². The van der Waals surface area contributed by atoms with E-state index < -0.39 is 0 Å². The maximum atomic E-state index is 6.13. The average molecular weight is 298 g/mol. The van der Waals surface area contributed by atoms with Crippen molar-refractivity contribution < 1.29 is 4.74 Å². The first-order valence-electron chi connectivity index (χ1n) is 8.54. The van der Waals surface area contributed by atoms with Gasteiger partial charge in [0.2, 0.25) is 0 Å². The summed E-state index contributed by atoms with van der Waals surface area (Å²) in [5.74, 6) is 1.36.